The molecule has 1 rings (SSSR count). The number of benzene rings is 1. The Morgan fingerprint density at radius 1 is 1.35 bits per heavy atom. The summed E-state index contributed by atoms with van der Waals surface area (Å²) in [6, 6.07) is 8.05. The highest BCUT2D eigenvalue weighted by Crippen LogP contribution is 2.15. The van der Waals surface area contributed by atoms with E-state index >= 15 is 0 Å². The van der Waals surface area contributed by atoms with E-state index in [-0.39, 0.29) is 0 Å². The van der Waals surface area contributed by atoms with Crippen LogP contribution in [0.2, 0.25) is 0 Å². The zero-order valence-electron chi connectivity index (χ0n) is 12.5. The molecule has 0 fully saturated rings. The van der Waals surface area contributed by atoms with E-state index in [4.69, 9.17) is 4.74 Å². The van der Waals surface area contributed by atoms with Gasteiger partial charge < -0.3 is 15.4 Å². The third kappa shape index (κ3) is 6.27. The van der Waals surface area contributed by atoms with E-state index in [0.29, 0.717) is 13.2 Å². The maximum Gasteiger partial charge on any atom is 0.191 e. The summed E-state index contributed by atoms with van der Waals surface area (Å²) in [5.74, 6) is 1.77. The summed E-state index contributed by atoms with van der Waals surface area (Å²) >= 11 is 0. The third-order valence-electron chi connectivity index (χ3n) is 2.68. The predicted molar refractivity (Wildman–Crippen MR) is 85.5 cm³/mol. The van der Waals surface area contributed by atoms with Gasteiger partial charge in [-0.2, -0.15) is 0 Å². The van der Waals surface area contributed by atoms with Crippen LogP contribution in [-0.4, -0.2) is 32.2 Å². The highest BCUT2D eigenvalue weighted by Gasteiger charge is 1.98. The van der Waals surface area contributed by atoms with E-state index in [1.807, 2.05) is 31.2 Å². The fourth-order valence-electron chi connectivity index (χ4n) is 1.67. The monoisotopic (exact) mass is 275 g/mol. The summed E-state index contributed by atoms with van der Waals surface area (Å²) in [5.41, 5.74) is 1.16. The molecule has 0 atom stereocenters. The lowest BCUT2D eigenvalue weighted by Gasteiger charge is -2.10. The van der Waals surface area contributed by atoms with E-state index in [9.17, 15) is 0 Å². The minimum atomic E-state index is 0.676. The molecule has 0 saturated heterocycles. The van der Waals surface area contributed by atoms with Crippen LogP contribution in [0.25, 0.3) is 0 Å². The topological polar surface area (TPSA) is 45.7 Å². The van der Waals surface area contributed by atoms with Crippen LogP contribution in [0.1, 0.15) is 18.9 Å². The second-order valence-electron chi connectivity index (χ2n) is 4.40. The van der Waals surface area contributed by atoms with Gasteiger partial charge in [0.2, 0.25) is 0 Å². The molecule has 0 spiro atoms. The zero-order valence-corrected chi connectivity index (χ0v) is 12.5. The van der Waals surface area contributed by atoms with Gasteiger partial charge in [0.05, 0.1) is 6.61 Å². The predicted octanol–water partition coefficient (Wildman–Crippen LogP) is 2.51. The van der Waals surface area contributed by atoms with Crippen molar-refractivity contribution >= 4 is 5.96 Å². The van der Waals surface area contributed by atoms with Crippen molar-refractivity contribution in [3.63, 3.8) is 0 Å². The molecule has 0 saturated carbocycles. The fourth-order valence-corrected chi connectivity index (χ4v) is 1.67. The van der Waals surface area contributed by atoms with Crippen molar-refractivity contribution in [1.29, 1.82) is 0 Å². The Morgan fingerprint density at radius 2 is 2.15 bits per heavy atom. The molecule has 0 radical (unpaired) electrons. The largest absolute Gasteiger partial charge is 0.493 e. The van der Waals surface area contributed by atoms with Crippen molar-refractivity contribution in [2.75, 3.05) is 26.2 Å². The quantitative estimate of drug-likeness (QED) is 0.332. The van der Waals surface area contributed by atoms with Gasteiger partial charge in [-0.05, 0) is 25.5 Å². The molecule has 1 aromatic rings. The summed E-state index contributed by atoms with van der Waals surface area (Å²) in [6.07, 6.45) is 2.70. The summed E-state index contributed by atoms with van der Waals surface area (Å²) < 4.78 is 5.73. The Hall–Kier alpha value is -1.97. The minimum absolute atomic E-state index is 0.676. The molecule has 1 aromatic carbocycles. The van der Waals surface area contributed by atoms with Crippen molar-refractivity contribution in [2.45, 2.75) is 20.3 Å². The standard InChI is InChI=1S/C16H25N3O/c1-4-11-18-16(17-5-2)19-12-8-13-20-15-10-7-6-9-14(15)3/h4,6-7,9-10H,1,5,8,11-13H2,2-3H3,(H2,17,18,19). The van der Waals surface area contributed by atoms with Crippen LogP contribution < -0.4 is 15.4 Å². The van der Waals surface area contributed by atoms with E-state index in [1.165, 1.54) is 0 Å². The van der Waals surface area contributed by atoms with Crippen LogP contribution >= 0.6 is 0 Å². The lowest BCUT2D eigenvalue weighted by Crippen LogP contribution is -2.37. The summed E-state index contributed by atoms with van der Waals surface area (Å²) in [6.45, 7) is 10.8. The molecule has 0 unspecified atom stereocenters. The Balaban J connectivity index is 2.28. The maximum absolute atomic E-state index is 5.73. The van der Waals surface area contributed by atoms with Gasteiger partial charge >= 0.3 is 0 Å². The van der Waals surface area contributed by atoms with Crippen LogP contribution in [0, 0.1) is 6.92 Å². The van der Waals surface area contributed by atoms with Gasteiger partial charge in [-0.1, -0.05) is 24.3 Å². The number of guanidine groups is 1. The number of hydrogen-bond donors (Lipinski definition) is 2. The first-order chi connectivity index (χ1) is 9.77. The molecule has 0 aliphatic carbocycles. The smallest absolute Gasteiger partial charge is 0.191 e. The van der Waals surface area contributed by atoms with Gasteiger partial charge in [-0.3, -0.25) is 4.99 Å². The summed E-state index contributed by atoms with van der Waals surface area (Å²) in [7, 11) is 0. The zero-order chi connectivity index (χ0) is 14.6. The molecule has 0 heterocycles. The van der Waals surface area contributed by atoms with Crippen LogP contribution in [-0.2, 0) is 0 Å². The van der Waals surface area contributed by atoms with E-state index in [0.717, 1.165) is 36.8 Å². The number of rotatable bonds is 8. The highest BCUT2D eigenvalue weighted by molar-refractivity contribution is 5.79. The minimum Gasteiger partial charge on any atom is -0.493 e. The molecular weight excluding hydrogens is 250 g/mol. The summed E-state index contributed by atoms with van der Waals surface area (Å²) in [4.78, 5) is 4.47. The average molecular weight is 275 g/mol. The lowest BCUT2D eigenvalue weighted by molar-refractivity contribution is 0.311. The molecule has 0 amide bonds. The van der Waals surface area contributed by atoms with Crippen molar-refractivity contribution in [3.8, 4) is 5.75 Å². The SMILES string of the molecule is C=CCNC(=NCCCOc1ccccc1C)NCC. The first-order valence-corrected chi connectivity index (χ1v) is 7.09. The molecule has 20 heavy (non-hydrogen) atoms. The van der Waals surface area contributed by atoms with E-state index < -0.39 is 0 Å². The van der Waals surface area contributed by atoms with Crippen LogP contribution in [0.15, 0.2) is 41.9 Å². The number of para-hydroxylation sites is 1. The molecule has 110 valence electrons. The van der Waals surface area contributed by atoms with Gasteiger partial charge in [0.15, 0.2) is 5.96 Å². The molecule has 2 N–H and O–H groups in total. The van der Waals surface area contributed by atoms with Gasteiger partial charge in [-0.25, -0.2) is 0 Å². The van der Waals surface area contributed by atoms with E-state index in [2.05, 4.69) is 35.2 Å². The number of ether oxygens (including phenoxy) is 1. The Kier molecular flexibility index (Phi) is 7.96. The van der Waals surface area contributed by atoms with Crippen LogP contribution in [0.4, 0.5) is 0 Å². The fraction of sp³-hybridized carbons (Fsp3) is 0.438. The van der Waals surface area contributed by atoms with Crippen LogP contribution in [0.5, 0.6) is 5.75 Å². The lowest BCUT2D eigenvalue weighted by atomic mass is 10.2. The molecule has 4 heteroatoms. The van der Waals surface area contributed by atoms with Crippen molar-refractivity contribution in [1.82, 2.24) is 10.6 Å². The number of aliphatic imine (C=N–C) groups is 1. The Morgan fingerprint density at radius 3 is 2.85 bits per heavy atom. The van der Waals surface area contributed by atoms with Gasteiger partial charge in [0, 0.05) is 26.1 Å². The second-order valence-corrected chi connectivity index (χ2v) is 4.40. The van der Waals surface area contributed by atoms with Gasteiger partial charge in [0.25, 0.3) is 0 Å². The Labute approximate surface area is 121 Å². The van der Waals surface area contributed by atoms with Crippen molar-refractivity contribution in [2.24, 2.45) is 4.99 Å². The van der Waals surface area contributed by atoms with Gasteiger partial charge in [0.1, 0.15) is 5.75 Å². The first-order valence-electron chi connectivity index (χ1n) is 7.09. The average Bonchev–Trinajstić information content (AvgIpc) is 2.46. The maximum atomic E-state index is 5.73. The molecule has 0 bridgehead atoms. The number of hydrogen-bond acceptors (Lipinski definition) is 2. The van der Waals surface area contributed by atoms with Crippen molar-refractivity contribution in [3.05, 3.63) is 42.5 Å². The molecule has 4 nitrogen and oxygen atoms in total. The van der Waals surface area contributed by atoms with Gasteiger partial charge in [-0.15, -0.1) is 6.58 Å². The van der Waals surface area contributed by atoms with Crippen LogP contribution in [0.3, 0.4) is 0 Å². The number of nitrogens with zero attached hydrogens (tertiary/aromatic N) is 1. The normalized spacial score (nSPS) is 11.0. The third-order valence-corrected chi connectivity index (χ3v) is 2.68. The van der Waals surface area contributed by atoms with E-state index in [1.54, 1.807) is 0 Å². The number of aryl methyl sites for hydroxylation is 1. The van der Waals surface area contributed by atoms with Crippen molar-refractivity contribution < 1.29 is 4.74 Å². The molecule has 0 aromatic heterocycles. The second kappa shape index (κ2) is 9.89. The highest BCUT2D eigenvalue weighted by atomic mass is 16.5. The molecule has 0 aliphatic heterocycles. The molecular formula is C16H25N3O. The first kappa shape index (κ1) is 16.1. The number of nitrogens with one attached hydrogen (secondary N) is 2. The summed E-state index contributed by atoms with van der Waals surface area (Å²) in [5, 5.41) is 6.35. The Bertz CT molecular complexity index is 429. The molecule has 0 aliphatic rings.